The molecule has 11 aromatic rings. The first-order chi connectivity index (χ1) is 56.4. The number of amides is 2. The van der Waals surface area contributed by atoms with E-state index in [0.717, 1.165) is 98.2 Å². The second-order valence-corrected chi connectivity index (χ2v) is 39.9. The van der Waals surface area contributed by atoms with E-state index in [1.807, 2.05) is 34.0 Å². The third-order valence-electron chi connectivity index (χ3n) is 25.4. The summed E-state index contributed by atoms with van der Waals surface area (Å²) in [4.78, 5) is 46.9. The van der Waals surface area contributed by atoms with E-state index in [1.54, 1.807) is 22.7 Å². The zero-order valence-electron chi connectivity index (χ0n) is 71.5. The Morgan fingerprint density at radius 3 is 1.14 bits per heavy atom. The van der Waals surface area contributed by atoms with E-state index in [4.69, 9.17) is 0 Å². The summed E-state index contributed by atoms with van der Waals surface area (Å²) < 4.78 is 2.72. The van der Waals surface area contributed by atoms with Crippen LogP contribution >= 0.6 is 56.7 Å². The molecule has 115 heavy (non-hydrogen) atoms. The number of hydrogen-bond acceptors (Lipinski definition) is 7. The van der Waals surface area contributed by atoms with Gasteiger partial charge in [0.05, 0.1) is 32.3 Å². The van der Waals surface area contributed by atoms with Crippen molar-refractivity contribution in [3.8, 4) is 29.9 Å². The molecule has 2 aliphatic rings. The maximum atomic E-state index is 16.5. The fourth-order valence-electron chi connectivity index (χ4n) is 18.6. The molecule has 2 amide bonds. The van der Waals surface area contributed by atoms with E-state index in [9.17, 15) is 0 Å². The summed E-state index contributed by atoms with van der Waals surface area (Å²) in [7, 11) is 0. The molecule has 7 heterocycles. The van der Waals surface area contributed by atoms with E-state index in [1.165, 1.54) is 295 Å². The molecule has 0 bridgehead atoms. The normalized spacial score (nSPS) is 13.8. The van der Waals surface area contributed by atoms with E-state index < -0.39 is 0 Å². The smallest absolute Gasteiger partial charge is 0.261 e. The molecule has 13 rings (SSSR count). The molecule has 2 unspecified atom stereocenters. The summed E-state index contributed by atoms with van der Waals surface area (Å²) in [6, 6.07) is 56.5. The molecule has 0 fully saturated rings. The highest BCUT2D eigenvalue weighted by Crippen LogP contribution is 2.53. The van der Waals surface area contributed by atoms with Gasteiger partial charge in [0.1, 0.15) is 0 Å². The Hall–Kier alpha value is -6.72. The van der Waals surface area contributed by atoms with Crippen LogP contribution in [0.1, 0.15) is 313 Å². The van der Waals surface area contributed by atoms with Crippen LogP contribution in [-0.4, -0.2) is 34.7 Å². The summed E-state index contributed by atoms with van der Waals surface area (Å²) in [5.41, 5.74) is 14.1. The highest BCUT2D eigenvalue weighted by molar-refractivity contribution is 7.27. The van der Waals surface area contributed by atoms with Gasteiger partial charge in [0.2, 0.25) is 0 Å². The van der Waals surface area contributed by atoms with Gasteiger partial charge in [-0.2, -0.15) is 0 Å². The molecule has 6 aromatic carbocycles. The maximum absolute atomic E-state index is 16.5. The van der Waals surface area contributed by atoms with Gasteiger partial charge in [-0.15, -0.1) is 56.7 Å². The standard InChI is InChI=1S/C106H134N2O2S5/c1-9-15-21-25-27-31-41-77(39-29-23-17-11-3)45-35-69-107-100(94-67-65-92(112-94)96-73-83(76(8)111-96)47-33-43-81-54-50-79(51-55-81)37-19-13-5)98-99(106(107)110)101(108(105(98)109)70-36-46-78(40-30-24-18-12-4)42-32-28-26-22-16-10-2)95-68-66-93(113-95)97-74-86(48-34-44-82-56-52-80(53-57-82)38-20-14-6)102(114-97)87-60-62-89-85(72-87)59-64-91-90-63-58-84-71-75(7)49-61-88(84)103(90)115-104(89)91/h49-68,71-74,77-78H,9-48,69-70H2,1-8H3. The lowest BCUT2D eigenvalue weighted by atomic mass is 9.90. The van der Waals surface area contributed by atoms with Crippen molar-refractivity contribution in [2.24, 2.45) is 11.8 Å². The predicted octanol–water partition coefficient (Wildman–Crippen LogP) is 33.3. The van der Waals surface area contributed by atoms with Gasteiger partial charge in [0.15, 0.2) is 0 Å². The van der Waals surface area contributed by atoms with Crippen LogP contribution in [0.4, 0.5) is 0 Å². The van der Waals surface area contributed by atoms with Gasteiger partial charge in [-0.05, 0) is 219 Å². The van der Waals surface area contributed by atoms with Crippen LogP contribution < -0.4 is 0 Å². The van der Waals surface area contributed by atoms with Gasteiger partial charge < -0.3 is 9.80 Å². The molecular weight excluding hydrogens is 1490 g/mol. The summed E-state index contributed by atoms with van der Waals surface area (Å²) in [6.07, 6.45) is 48.5. The van der Waals surface area contributed by atoms with Crippen LogP contribution in [0.15, 0.2) is 157 Å². The number of hydrogen-bond donors (Lipinski definition) is 0. The molecular formula is C106H134N2O2S5. The highest BCUT2D eigenvalue weighted by atomic mass is 32.1. The van der Waals surface area contributed by atoms with Gasteiger partial charge in [0.25, 0.3) is 11.8 Å². The van der Waals surface area contributed by atoms with E-state index in [-0.39, 0.29) is 11.8 Å². The summed E-state index contributed by atoms with van der Waals surface area (Å²) >= 11 is 9.35. The first-order valence-electron chi connectivity index (χ1n) is 46.0. The Labute approximate surface area is 712 Å². The number of rotatable bonds is 51. The van der Waals surface area contributed by atoms with Crippen LogP contribution in [0.3, 0.4) is 0 Å². The molecule has 610 valence electrons. The largest absolute Gasteiger partial charge is 0.306 e. The molecule has 0 aliphatic carbocycles. The number of nitrogens with zero attached hydrogens (tertiary/aromatic N) is 2. The number of fused-ring (bicyclic) bond motifs is 8. The number of aryl methyl sites for hydroxylation is 8. The van der Waals surface area contributed by atoms with Crippen molar-refractivity contribution < 1.29 is 9.59 Å². The minimum absolute atomic E-state index is 0.0156. The average Bonchev–Trinajstić information content (AvgIpc) is 1.55. The molecule has 0 radical (unpaired) electrons. The van der Waals surface area contributed by atoms with Crippen molar-refractivity contribution in [2.75, 3.05) is 13.1 Å². The molecule has 2 aliphatic heterocycles. The zero-order chi connectivity index (χ0) is 79.8. The minimum atomic E-state index is 0.0156. The summed E-state index contributed by atoms with van der Waals surface area (Å²) in [6.45, 7) is 19.5. The second-order valence-electron chi connectivity index (χ2n) is 34.4. The lowest BCUT2D eigenvalue weighted by molar-refractivity contribution is -0.124. The fraction of sp³-hybridized carbons (Fsp3) is 0.491. The SMILES string of the molecule is CCCCCCCCC(CCCCCC)CCCN1C(=O)C2=C(c3ccc(-c4cc(CCCc5ccc(CCCC)cc5)c(-c5ccc6c(ccc7c8ccc9cc(C)ccc9c8sc67)c5)s4)s3)N(CCCC(CCCCCC)CCCCCCCC)C(=O)C2=C1c1ccc(-c2cc(CCCc3ccc(CCCC)cc3)c(C)s2)s1. The van der Waals surface area contributed by atoms with Gasteiger partial charge in [-0.25, -0.2) is 0 Å². The Morgan fingerprint density at radius 1 is 0.296 bits per heavy atom. The lowest BCUT2D eigenvalue weighted by Gasteiger charge is -2.26. The third kappa shape index (κ3) is 22.2. The Kier molecular flexibility index (Phi) is 32.8. The van der Waals surface area contributed by atoms with Gasteiger partial charge in [-0.3, -0.25) is 9.59 Å². The molecule has 4 nitrogen and oxygen atoms in total. The van der Waals surface area contributed by atoms with Crippen molar-refractivity contribution in [1.29, 1.82) is 0 Å². The summed E-state index contributed by atoms with van der Waals surface area (Å²) in [5, 5.41) is 7.89. The number of thiophene rings is 5. The van der Waals surface area contributed by atoms with Crippen LogP contribution in [0.2, 0.25) is 0 Å². The number of unbranched alkanes of at least 4 members (excludes halogenated alkanes) is 18. The van der Waals surface area contributed by atoms with Crippen LogP contribution in [-0.2, 0) is 48.1 Å². The first-order valence-corrected chi connectivity index (χ1v) is 50.0. The van der Waals surface area contributed by atoms with Crippen LogP contribution in [0.25, 0.3) is 83.1 Å². The lowest BCUT2D eigenvalue weighted by Crippen LogP contribution is -2.31. The van der Waals surface area contributed by atoms with Gasteiger partial charge >= 0.3 is 0 Å². The average molecular weight is 1630 g/mol. The Balaban J connectivity index is 0.866. The Bertz CT molecular complexity index is 5000. The maximum Gasteiger partial charge on any atom is 0.261 e. The Morgan fingerprint density at radius 2 is 0.670 bits per heavy atom. The first kappa shape index (κ1) is 86.1. The number of benzene rings is 6. The molecule has 5 aromatic heterocycles. The molecule has 0 saturated heterocycles. The minimum Gasteiger partial charge on any atom is -0.306 e. The van der Waals surface area contributed by atoms with Crippen LogP contribution in [0.5, 0.6) is 0 Å². The number of carbonyl (C=O) groups excluding carboxylic acids is 2. The van der Waals surface area contributed by atoms with E-state index >= 15 is 9.59 Å². The molecule has 0 spiro atoms. The zero-order valence-corrected chi connectivity index (χ0v) is 75.5. The third-order valence-corrected chi connectivity index (χ3v) is 31.6. The van der Waals surface area contributed by atoms with Crippen molar-refractivity contribution in [1.82, 2.24) is 9.80 Å². The van der Waals surface area contributed by atoms with E-state index in [2.05, 4.69) is 211 Å². The molecule has 0 saturated carbocycles. The fourth-order valence-corrected chi connectivity index (χ4v) is 24.5. The topological polar surface area (TPSA) is 40.6 Å². The highest BCUT2D eigenvalue weighted by Gasteiger charge is 2.49. The van der Waals surface area contributed by atoms with Gasteiger partial charge in [-0.1, -0.05) is 317 Å². The predicted molar refractivity (Wildman–Crippen MR) is 508 cm³/mol. The van der Waals surface area contributed by atoms with Gasteiger partial charge in [0, 0.05) is 62.5 Å². The second kappa shape index (κ2) is 43.8. The van der Waals surface area contributed by atoms with Crippen molar-refractivity contribution in [3.05, 3.63) is 210 Å². The molecule has 9 heteroatoms. The quantitative estimate of drug-likeness (QED) is 0.0357. The molecule has 2 atom stereocenters. The molecule has 0 N–H and O–H groups in total. The monoisotopic (exact) mass is 1630 g/mol. The van der Waals surface area contributed by atoms with Crippen molar-refractivity contribution in [2.45, 2.75) is 312 Å². The van der Waals surface area contributed by atoms with Crippen molar-refractivity contribution >= 4 is 122 Å². The van der Waals surface area contributed by atoms with E-state index in [0.29, 0.717) is 36.1 Å². The van der Waals surface area contributed by atoms with Crippen LogP contribution in [0, 0.1) is 25.7 Å². The summed E-state index contributed by atoms with van der Waals surface area (Å²) in [5.74, 6) is 1.30. The number of carbonyl (C=O) groups is 2. The van der Waals surface area contributed by atoms with Crippen molar-refractivity contribution in [3.63, 3.8) is 0 Å².